The highest BCUT2D eigenvalue weighted by Gasteiger charge is 2.15. The molecule has 1 aromatic carbocycles. The van der Waals surface area contributed by atoms with Crippen LogP contribution >= 0.6 is 27.7 Å². The summed E-state index contributed by atoms with van der Waals surface area (Å²) >= 11 is 4.17. The van der Waals surface area contributed by atoms with E-state index in [1.54, 1.807) is 24.5 Å². The molecule has 0 aliphatic heterocycles. The van der Waals surface area contributed by atoms with E-state index in [1.807, 2.05) is 0 Å². The fourth-order valence-corrected chi connectivity index (χ4v) is 2.73. The summed E-state index contributed by atoms with van der Waals surface area (Å²) in [7, 11) is 0. The summed E-state index contributed by atoms with van der Waals surface area (Å²) in [6.45, 7) is 0. The van der Waals surface area contributed by atoms with Crippen LogP contribution in [0.3, 0.4) is 0 Å². The Balaban J connectivity index is 2.37. The Bertz CT molecular complexity index is 624. The van der Waals surface area contributed by atoms with Gasteiger partial charge in [0, 0.05) is 18.0 Å². The van der Waals surface area contributed by atoms with Gasteiger partial charge in [0.25, 0.3) is 0 Å². The summed E-state index contributed by atoms with van der Waals surface area (Å²) in [5.74, 6) is -0.681. The normalized spacial score (nSPS) is 11.6. The first-order valence-corrected chi connectivity index (χ1v) is 6.65. The van der Waals surface area contributed by atoms with Gasteiger partial charge in [-0.2, -0.15) is 0 Å². The van der Waals surface area contributed by atoms with Crippen LogP contribution in [0.2, 0.25) is 0 Å². The molecule has 1 heterocycles. The molecule has 0 saturated heterocycles. The number of halogens is 2. The number of nitrogens with zero attached hydrogens (tertiary/aromatic N) is 3. The maximum Gasteiger partial charge on any atom is 0.192 e. The standard InChI is InChI=1S/C11H8BrFN4OS/c12-8-6(10(14)17-18)2-3-7(9(8)13)19-11-15-4-1-5-16-11/h1-5,18H,(H2,14,17). The maximum absolute atomic E-state index is 14.1. The number of hydrogen-bond donors (Lipinski definition) is 2. The second kappa shape index (κ2) is 5.98. The van der Waals surface area contributed by atoms with Crippen LogP contribution in [0.15, 0.2) is 50.3 Å². The summed E-state index contributed by atoms with van der Waals surface area (Å²) in [5.41, 5.74) is 5.71. The largest absolute Gasteiger partial charge is 0.409 e. The van der Waals surface area contributed by atoms with Crippen molar-refractivity contribution in [3.63, 3.8) is 0 Å². The molecule has 0 saturated carbocycles. The van der Waals surface area contributed by atoms with Gasteiger partial charge in [0.05, 0.1) is 9.37 Å². The van der Waals surface area contributed by atoms with Crippen molar-refractivity contribution in [2.75, 3.05) is 0 Å². The lowest BCUT2D eigenvalue weighted by Crippen LogP contribution is -2.14. The van der Waals surface area contributed by atoms with Crippen molar-refractivity contribution in [2.45, 2.75) is 10.1 Å². The number of aromatic nitrogens is 2. The van der Waals surface area contributed by atoms with Crippen LogP contribution in [0.1, 0.15) is 5.56 Å². The van der Waals surface area contributed by atoms with Crippen LogP contribution in [0.25, 0.3) is 0 Å². The fraction of sp³-hybridized carbons (Fsp3) is 0. The molecule has 2 rings (SSSR count). The Morgan fingerprint density at radius 3 is 2.68 bits per heavy atom. The summed E-state index contributed by atoms with van der Waals surface area (Å²) in [6.07, 6.45) is 3.15. The number of oxime groups is 1. The molecule has 0 unspecified atom stereocenters. The quantitative estimate of drug-likeness (QED) is 0.294. The van der Waals surface area contributed by atoms with Crippen molar-refractivity contribution in [3.8, 4) is 0 Å². The van der Waals surface area contributed by atoms with Gasteiger partial charge in [0.15, 0.2) is 16.8 Å². The third-order valence-electron chi connectivity index (χ3n) is 2.17. The molecule has 98 valence electrons. The van der Waals surface area contributed by atoms with E-state index in [1.165, 1.54) is 6.07 Å². The van der Waals surface area contributed by atoms with Gasteiger partial charge < -0.3 is 10.9 Å². The molecule has 3 N–H and O–H groups in total. The van der Waals surface area contributed by atoms with E-state index in [9.17, 15) is 4.39 Å². The van der Waals surface area contributed by atoms with Crippen molar-refractivity contribution in [1.29, 1.82) is 0 Å². The SMILES string of the molecule is N/C(=N/O)c1ccc(Sc2ncccn2)c(F)c1Br. The van der Waals surface area contributed by atoms with E-state index in [2.05, 4.69) is 31.1 Å². The van der Waals surface area contributed by atoms with Gasteiger partial charge in [-0.1, -0.05) is 5.16 Å². The third kappa shape index (κ3) is 3.02. The minimum Gasteiger partial charge on any atom is -0.409 e. The third-order valence-corrected chi connectivity index (χ3v) is 3.88. The minimum atomic E-state index is -0.512. The van der Waals surface area contributed by atoms with Crippen molar-refractivity contribution in [3.05, 3.63) is 46.4 Å². The molecule has 0 bridgehead atoms. The number of nitrogens with two attached hydrogens (primary N) is 1. The van der Waals surface area contributed by atoms with Crippen molar-refractivity contribution in [2.24, 2.45) is 10.9 Å². The van der Waals surface area contributed by atoms with Gasteiger partial charge in [0.2, 0.25) is 0 Å². The van der Waals surface area contributed by atoms with Crippen molar-refractivity contribution in [1.82, 2.24) is 9.97 Å². The molecule has 0 atom stereocenters. The lowest BCUT2D eigenvalue weighted by atomic mass is 10.2. The van der Waals surface area contributed by atoms with Gasteiger partial charge in [-0.25, -0.2) is 14.4 Å². The lowest BCUT2D eigenvalue weighted by molar-refractivity contribution is 0.318. The number of amidine groups is 1. The van der Waals surface area contributed by atoms with Crippen LogP contribution in [0.5, 0.6) is 0 Å². The van der Waals surface area contributed by atoms with Gasteiger partial charge in [-0.15, -0.1) is 0 Å². The first-order valence-electron chi connectivity index (χ1n) is 5.04. The Kier molecular flexibility index (Phi) is 4.33. The van der Waals surface area contributed by atoms with E-state index in [-0.39, 0.29) is 15.9 Å². The number of rotatable bonds is 3. The second-order valence-corrected chi connectivity index (χ2v) is 5.16. The zero-order chi connectivity index (χ0) is 13.8. The number of hydrogen-bond acceptors (Lipinski definition) is 5. The molecule has 19 heavy (non-hydrogen) atoms. The molecule has 0 spiro atoms. The Morgan fingerprint density at radius 1 is 1.37 bits per heavy atom. The lowest BCUT2D eigenvalue weighted by Gasteiger charge is -2.07. The maximum atomic E-state index is 14.1. The second-order valence-electron chi connectivity index (χ2n) is 3.36. The molecular formula is C11H8BrFN4OS. The minimum absolute atomic E-state index is 0.128. The van der Waals surface area contributed by atoms with Crippen molar-refractivity contribution < 1.29 is 9.60 Å². The van der Waals surface area contributed by atoms with Gasteiger partial charge in [-0.05, 0) is 45.9 Å². The average Bonchev–Trinajstić information content (AvgIpc) is 2.44. The molecule has 1 aromatic heterocycles. The zero-order valence-corrected chi connectivity index (χ0v) is 11.8. The van der Waals surface area contributed by atoms with E-state index in [0.29, 0.717) is 10.1 Å². The van der Waals surface area contributed by atoms with E-state index in [4.69, 9.17) is 10.9 Å². The molecule has 0 fully saturated rings. The Morgan fingerprint density at radius 2 is 2.05 bits per heavy atom. The number of benzene rings is 1. The van der Waals surface area contributed by atoms with Crippen LogP contribution in [0.4, 0.5) is 4.39 Å². The molecule has 5 nitrogen and oxygen atoms in total. The fourth-order valence-electron chi connectivity index (χ4n) is 1.30. The van der Waals surface area contributed by atoms with Crippen LogP contribution in [0, 0.1) is 5.82 Å². The molecule has 0 amide bonds. The molecule has 0 aliphatic carbocycles. The predicted molar refractivity (Wildman–Crippen MR) is 72.8 cm³/mol. The van der Waals surface area contributed by atoms with Gasteiger partial charge in [-0.3, -0.25) is 0 Å². The highest BCUT2D eigenvalue weighted by atomic mass is 79.9. The van der Waals surface area contributed by atoms with Crippen LogP contribution in [-0.2, 0) is 0 Å². The smallest absolute Gasteiger partial charge is 0.192 e. The summed E-state index contributed by atoms with van der Waals surface area (Å²) < 4.78 is 14.3. The van der Waals surface area contributed by atoms with E-state index >= 15 is 0 Å². The first kappa shape index (κ1) is 13.8. The first-order chi connectivity index (χ1) is 9.13. The van der Waals surface area contributed by atoms with E-state index < -0.39 is 5.82 Å². The highest BCUT2D eigenvalue weighted by Crippen LogP contribution is 2.32. The van der Waals surface area contributed by atoms with Crippen LogP contribution in [-0.4, -0.2) is 21.0 Å². The summed E-state index contributed by atoms with van der Waals surface area (Å²) in [4.78, 5) is 8.34. The summed E-state index contributed by atoms with van der Waals surface area (Å²) in [6, 6.07) is 4.75. The molecule has 0 aliphatic rings. The molecule has 2 aromatic rings. The Labute approximate surface area is 120 Å². The molecule has 0 radical (unpaired) electrons. The molecule has 8 heteroatoms. The average molecular weight is 343 g/mol. The molecular weight excluding hydrogens is 335 g/mol. The highest BCUT2D eigenvalue weighted by molar-refractivity contribution is 9.10. The van der Waals surface area contributed by atoms with Gasteiger partial charge >= 0.3 is 0 Å². The summed E-state index contributed by atoms with van der Waals surface area (Å²) in [5, 5.41) is 11.9. The van der Waals surface area contributed by atoms with E-state index in [0.717, 1.165) is 11.8 Å². The van der Waals surface area contributed by atoms with Gasteiger partial charge in [0.1, 0.15) is 0 Å². The Hall–Kier alpha value is -1.67. The zero-order valence-electron chi connectivity index (χ0n) is 9.42. The monoisotopic (exact) mass is 342 g/mol. The predicted octanol–water partition coefficient (Wildman–Crippen LogP) is 2.62. The van der Waals surface area contributed by atoms with Crippen molar-refractivity contribution >= 4 is 33.5 Å². The topological polar surface area (TPSA) is 84.4 Å². The van der Waals surface area contributed by atoms with Crippen LogP contribution < -0.4 is 5.73 Å².